The van der Waals surface area contributed by atoms with Gasteiger partial charge in [-0.25, -0.2) is 13.1 Å². The predicted molar refractivity (Wildman–Crippen MR) is 261 cm³/mol. The molecule has 1 amide bonds. The number of thioether (sulfide) groups is 1. The number of benzene rings is 3. The molecule has 14 nitrogen and oxygen atoms in total. The number of ether oxygens (including phenoxy) is 1. The van der Waals surface area contributed by atoms with Crippen molar-refractivity contribution in [1.82, 2.24) is 19.6 Å². The van der Waals surface area contributed by atoms with Crippen LogP contribution in [0.25, 0.3) is 16.6 Å². The first kappa shape index (κ1) is 44.9. The van der Waals surface area contributed by atoms with E-state index in [1.54, 1.807) is 12.3 Å². The smallest absolute Gasteiger partial charge is 0.293 e. The maximum Gasteiger partial charge on any atom is 0.293 e. The molecule has 342 valence electrons. The van der Waals surface area contributed by atoms with Crippen LogP contribution >= 0.6 is 23.4 Å². The summed E-state index contributed by atoms with van der Waals surface area (Å²) in [6.45, 7) is 10.2. The number of fused-ring (bicyclic) bond motifs is 2. The van der Waals surface area contributed by atoms with E-state index in [-0.39, 0.29) is 27.2 Å². The van der Waals surface area contributed by atoms with E-state index >= 15 is 0 Å². The molecule has 17 heteroatoms. The molecule has 0 spiro atoms. The summed E-state index contributed by atoms with van der Waals surface area (Å²) in [5.41, 5.74) is 7.07. The summed E-state index contributed by atoms with van der Waals surface area (Å²) in [7, 11) is -4.55. The first-order valence-electron chi connectivity index (χ1n) is 22.4. The van der Waals surface area contributed by atoms with Crippen LogP contribution in [0.4, 0.5) is 28.4 Å². The second-order valence-corrected chi connectivity index (χ2v) is 21.6. The third kappa shape index (κ3) is 10.1. The van der Waals surface area contributed by atoms with Crippen LogP contribution in [0.2, 0.25) is 5.02 Å². The lowest BCUT2D eigenvalue weighted by Crippen LogP contribution is -2.47. The Morgan fingerprint density at radius 3 is 2.55 bits per heavy atom. The zero-order valence-corrected chi connectivity index (χ0v) is 39.2. The first-order valence-corrected chi connectivity index (χ1v) is 25.5. The van der Waals surface area contributed by atoms with Crippen molar-refractivity contribution in [2.75, 3.05) is 79.0 Å². The second kappa shape index (κ2) is 18.9. The van der Waals surface area contributed by atoms with E-state index in [4.69, 9.17) is 21.3 Å². The van der Waals surface area contributed by atoms with Gasteiger partial charge in [-0.15, -0.1) is 0 Å². The number of carbonyl (C=O) groups is 1. The minimum absolute atomic E-state index is 0.123. The minimum atomic E-state index is -4.55. The fourth-order valence-electron chi connectivity index (χ4n) is 9.47. The Hall–Kier alpha value is -5.29. The van der Waals surface area contributed by atoms with Crippen molar-refractivity contribution >= 4 is 84.3 Å². The molecular formula is C48H55ClN8O6S2. The van der Waals surface area contributed by atoms with Crippen molar-refractivity contribution in [2.45, 2.75) is 57.3 Å². The van der Waals surface area contributed by atoms with Crippen molar-refractivity contribution < 1.29 is 22.9 Å². The van der Waals surface area contributed by atoms with Crippen molar-refractivity contribution in [2.24, 2.45) is 11.3 Å². The fraction of sp³-hybridized carbons (Fsp3) is 0.417. The molecule has 2 fully saturated rings. The highest BCUT2D eigenvalue weighted by Crippen LogP contribution is 2.44. The van der Waals surface area contributed by atoms with E-state index in [9.17, 15) is 23.3 Å². The van der Waals surface area contributed by atoms with E-state index in [1.165, 1.54) is 28.8 Å². The number of nitro groups is 1. The van der Waals surface area contributed by atoms with E-state index in [1.807, 2.05) is 53.1 Å². The van der Waals surface area contributed by atoms with Crippen LogP contribution in [0, 0.1) is 21.4 Å². The summed E-state index contributed by atoms with van der Waals surface area (Å²) < 4.78 is 36.3. The van der Waals surface area contributed by atoms with Crippen LogP contribution in [-0.4, -0.2) is 98.0 Å². The highest BCUT2D eigenvalue weighted by Gasteiger charge is 2.32. The van der Waals surface area contributed by atoms with E-state index < -0.39 is 20.9 Å². The maximum absolute atomic E-state index is 14.4. The van der Waals surface area contributed by atoms with Gasteiger partial charge in [0, 0.05) is 74.2 Å². The number of nitrogens with zero attached hydrogens (tertiary/aromatic N) is 5. The van der Waals surface area contributed by atoms with Crippen LogP contribution in [0.3, 0.4) is 0 Å². The van der Waals surface area contributed by atoms with Crippen LogP contribution in [0.5, 0.6) is 5.88 Å². The number of hydrogen-bond acceptors (Lipinski definition) is 12. The van der Waals surface area contributed by atoms with Gasteiger partial charge in [-0.05, 0) is 127 Å². The predicted octanol–water partition coefficient (Wildman–Crippen LogP) is 9.50. The molecule has 0 unspecified atom stereocenters. The van der Waals surface area contributed by atoms with Crippen molar-refractivity contribution in [1.29, 1.82) is 0 Å². The minimum Gasteiger partial charge on any atom is -0.476 e. The number of H-pyrrole nitrogens is 1. The molecule has 5 aromatic rings. The van der Waals surface area contributed by atoms with Gasteiger partial charge in [-0.1, -0.05) is 43.2 Å². The van der Waals surface area contributed by atoms with E-state index in [2.05, 4.69) is 50.8 Å². The topological polar surface area (TPSA) is 166 Å². The molecule has 3 aromatic carbocycles. The van der Waals surface area contributed by atoms with Crippen LogP contribution in [0.1, 0.15) is 68.3 Å². The molecule has 3 N–H and O–H groups in total. The molecule has 3 aliphatic heterocycles. The lowest BCUT2D eigenvalue weighted by Gasteiger charge is -2.39. The highest BCUT2D eigenvalue weighted by atomic mass is 35.5. The van der Waals surface area contributed by atoms with Crippen molar-refractivity contribution in [3.63, 3.8) is 0 Å². The number of amides is 1. The molecule has 4 aliphatic rings. The van der Waals surface area contributed by atoms with Crippen molar-refractivity contribution in [3.05, 3.63) is 111 Å². The van der Waals surface area contributed by atoms with Gasteiger partial charge in [0.1, 0.15) is 17.0 Å². The van der Waals surface area contributed by atoms with Gasteiger partial charge in [0.25, 0.3) is 21.6 Å². The number of nitro benzene ring substituents is 1. The molecule has 0 atom stereocenters. The standard InChI is InChI=1S/C48H55ClN8O6S2/c1-48(2)16-12-35(40(29-48)33-4-6-36(49)7-5-33)31-54-19-21-55(22-20-54)37-8-10-39(42(27-37)56-18-3-23-63-47-44(56)26-34-13-17-50-45(34)52-47)46(58)53-65(61,62)38-9-11-41(43(28-38)57(59)60)51-30-32-14-24-64-25-15-32/h4-11,13,17,26-28,32,51H,3,12,14-16,18-25,29-31H2,1-2H3,(H,50,52)(H,53,58). The van der Waals surface area contributed by atoms with Gasteiger partial charge in [-0.2, -0.15) is 16.7 Å². The number of aromatic amines is 1. The summed E-state index contributed by atoms with van der Waals surface area (Å²) in [6.07, 6.45) is 7.65. The number of allylic oxidation sites excluding steroid dienone is 1. The quantitative estimate of drug-likeness (QED) is 0.0803. The van der Waals surface area contributed by atoms with Crippen LogP contribution in [-0.2, 0) is 10.0 Å². The molecule has 5 heterocycles. The van der Waals surface area contributed by atoms with E-state index in [0.29, 0.717) is 54.9 Å². The Morgan fingerprint density at radius 2 is 1.78 bits per heavy atom. The Morgan fingerprint density at radius 1 is 1.00 bits per heavy atom. The SMILES string of the molecule is CC1(C)CCC(CN2CCN(c3ccc(C(=O)NS(=O)(=O)c4ccc(NCC5CCSCC5)c([N+](=O)[O-])c4)c(N4CCCOc5nc6[nH]ccc6cc54)c3)CC2)=C(c2ccc(Cl)cc2)C1. The van der Waals surface area contributed by atoms with Crippen molar-refractivity contribution in [3.8, 4) is 5.88 Å². The first-order chi connectivity index (χ1) is 31.3. The summed E-state index contributed by atoms with van der Waals surface area (Å²) in [5.74, 6) is 2.01. The number of hydrogen-bond donors (Lipinski definition) is 3. The van der Waals surface area contributed by atoms with Crippen LogP contribution < -0.4 is 24.6 Å². The normalized spacial score (nSPS) is 18.5. The lowest BCUT2D eigenvalue weighted by molar-refractivity contribution is -0.384. The Labute approximate surface area is 389 Å². The van der Waals surface area contributed by atoms with Gasteiger partial charge in [0.15, 0.2) is 0 Å². The molecule has 2 aromatic heterocycles. The average Bonchev–Trinajstić information content (AvgIpc) is 3.66. The fourth-order valence-corrected chi connectivity index (χ4v) is 11.8. The van der Waals surface area contributed by atoms with Gasteiger partial charge < -0.3 is 24.8 Å². The van der Waals surface area contributed by atoms with Crippen LogP contribution in [0.15, 0.2) is 89.5 Å². The molecule has 9 rings (SSSR count). The molecule has 0 saturated carbocycles. The lowest BCUT2D eigenvalue weighted by atomic mass is 9.72. The maximum atomic E-state index is 14.4. The highest BCUT2D eigenvalue weighted by molar-refractivity contribution is 7.99. The zero-order valence-electron chi connectivity index (χ0n) is 36.8. The molecule has 2 saturated heterocycles. The number of pyridine rings is 1. The zero-order chi connectivity index (χ0) is 45.3. The third-order valence-corrected chi connectivity index (χ3v) is 15.8. The largest absolute Gasteiger partial charge is 0.476 e. The number of piperazine rings is 1. The second-order valence-electron chi connectivity index (χ2n) is 18.3. The number of sulfonamides is 1. The monoisotopic (exact) mass is 938 g/mol. The van der Waals surface area contributed by atoms with Gasteiger partial charge >= 0.3 is 0 Å². The molecule has 1 aliphatic carbocycles. The Balaban J connectivity index is 0.986. The number of rotatable bonds is 12. The van der Waals surface area contributed by atoms with Gasteiger partial charge in [0.05, 0.1) is 27.7 Å². The number of aromatic nitrogens is 2. The summed E-state index contributed by atoms with van der Waals surface area (Å²) >= 11 is 8.17. The third-order valence-electron chi connectivity index (χ3n) is 13.2. The summed E-state index contributed by atoms with van der Waals surface area (Å²) in [4.78, 5) is 40.3. The molecule has 0 bridgehead atoms. The summed E-state index contributed by atoms with van der Waals surface area (Å²) in [5, 5.41) is 17.0. The number of carbonyl (C=O) groups excluding carboxylic acids is 1. The average molecular weight is 940 g/mol. The number of anilines is 4. The molecular weight excluding hydrogens is 884 g/mol. The molecule has 65 heavy (non-hydrogen) atoms. The number of nitrogens with one attached hydrogen (secondary N) is 3. The summed E-state index contributed by atoms with van der Waals surface area (Å²) in [6, 6.07) is 21.3. The number of halogens is 1. The van der Waals surface area contributed by atoms with E-state index in [0.717, 1.165) is 98.5 Å². The Bertz CT molecular complexity index is 2730. The Kier molecular flexibility index (Phi) is 13.1. The molecule has 0 radical (unpaired) electrons. The van der Waals surface area contributed by atoms with Gasteiger partial charge in [-0.3, -0.25) is 19.8 Å². The van der Waals surface area contributed by atoms with Gasteiger partial charge in [0.2, 0.25) is 5.88 Å².